The topological polar surface area (TPSA) is 76.3 Å². The lowest BCUT2D eigenvalue weighted by Gasteiger charge is -2.32. The van der Waals surface area contributed by atoms with E-state index < -0.39 is 5.92 Å². The van der Waals surface area contributed by atoms with E-state index in [1.165, 1.54) is 0 Å². The van der Waals surface area contributed by atoms with Crippen molar-refractivity contribution in [1.29, 1.82) is 0 Å². The van der Waals surface area contributed by atoms with Crippen molar-refractivity contribution in [2.45, 2.75) is 38.2 Å². The number of aromatic amines is 1. The van der Waals surface area contributed by atoms with Gasteiger partial charge in [-0.1, -0.05) is 0 Å². The van der Waals surface area contributed by atoms with Gasteiger partial charge in [-0.05, 0) is 31.1 Å². The zero-order valence-electron chi connectivity index (χ0n) is 14.6. The Morgan fingerprint density at radius 1 is 1.46 bits per heavy atom. The largest absolute Gasteiger partial charge is 0.398 e. The molecule has 4 rings (SSSR count). The van der Waals surface area contributed by atoms with E-state index in [4.69, 9.17) is 10.5 Å². The summed E-state index contributed by atoms with van der Waals surface area (Å²) in [7, 11) is 0. The second-order valence-corrected chi connectivity index (χ2v) is 7.22. The summed E-state index contributed by atoms with van der Waals surface area (Å²) in [5, 5.41) is 1.01. The van der Waals surface area contributed by atoms with Crippen molar-refractivity contribution >= 4 is 22.4 Å². The van der Waals surface area contributed by atoms with Crippen LogP contribution in [0.15, 0.2) is 29.5 Å². The highest BCUT2D eigenvalue weighted by atomic mass is 19.3. The van der Waals surface area contributed by atoms with Crippen LogP contribution in [0, 0.1) is 12.8 Å². The molecule has 138 valence electrons. The van der Waals surface area contributed by atoms with Gasteiger partial charge in [0.1, 0.15) is 5.65 Å². The van der Waals surface area contributed by atoms with Gasteiger partial charge < -0.3 is 15.5 Å². The summed E-state index contributed by atoms with van der Waals surface area (Å²) in [4.78, 5) is 12.1. The highest BCUT2D eigenvalue weighted by Crippen LogP contribution is 2.40. The van der Waals surface area contributed by atoms with E-state index in [2.05, 4.69) is 15.0 Å². The molecule has 3 N–H and O–H groups in total. The van der Waals surface area contributed by atoms with Gasteiger partial charge in [0, 0.05) is 60.1 Å². The summed E-state index contributed by atoms with van der Waals surface area (Å²) in [5.41, 5.74) is 10.3. The predicted octanol–water partition coefficient (Wildman–Crippen LogP) is 3.45. The first-order chi connectivity index (χ1) is 12.4. The Balaban J connectivity index is 1.63. The van der Waals surface area contributed by atoms with Crippen LogP contribution >= 0.6 is 0 Å². The van der Waals surface area contributed by atoms with Gasteiger partial charge in [-0.3, -0.25) is 4.99 Å². The molecule has 3 heterocycles. The maximum Gasteiger partial charge on any atom is 0.252 e. The van der Waals surface area contributed by atoms with Crippen LogP contribution in [0.4, 0.5) is 8.78 Å². The van der Waals surface area contributed by atoms with E-state index in [9.17, 15) is 8.78 Å². The highest BCUT2D eigenvalue weighted by molar-refractivity contribution is 6.02. The molecule has 0 aromatic carbocycles. The molecule has 0 radical (unpaired) electrons. The molecule has 0 bridgehead atoms. The number of rotatable bonds is 4. The molecule has 1 atom stereocenters. The Labute approximate surface area is 150 Å². The number of H-pyrrole nitrogens is 1. The molecule has 2 fully saturated rings. The minimum atomic E-state index is -2.58. The summed E-state index contributed by atoms with van der Waals surface area (Å²) in [6.07, 6.45) is 5.88. The molecule has 26 heavy (non-hydrogen) atoms. The van der Waals surface area contributed by atoms with Crippen molar-refractivity contribution in [3.63, 3.8) is 0 Å². The number of hydrogen-bond acceptors (Lipinski definition) is 4. The molecule has 7 heteroatoms. The average Bonchev–Trinajstić information content (AvgIpc) is 3.22. The smallest absolute Gasteiger partial charge is 0.252 e. The van der Waals surface area contributed by atoms with E-state index in [1.54, 1.807) is 12.3 Å². The highest BCUT2D eigenvalue weighted by Gasteiger charge is 2.45. The van der Waals surface area contributed by atoms with Gasteiger partial charge >= 0.3 is 0 Å². The quantitative estimate of drug-likeness (QED) is 0.820. The van der Waals surface area contributed by atoms with Crippen LogP contribution in [-0.4, -0.2) is 40.9 Å². The zero-order valence-corrected chi connectivity index (χ0v) is 14.6. The van der Waals surface area contributed by atoms with E-state index in [-0.39, 0.29) is 24.8 Å². The Hall–Kier alpha value is -2.28. The van der Waals surface area contributed by atoms with Crippen LogP contribution in [0.1, 0.15) is 30.4 Å². The van der Waals surface area contributed by atoms with Gasteiger partial charge in [-0.2, -0.15) is 0 Å². The number of aromatic nitrogens is 2. The number of nitrogens with zero attached hydrogens (tertiary/aromatic N) is 2. The lowest BCUT2D eigenvalue weighted by Crippen LogP contribution is -2.39. The Morgan fingerprint density at radius 2 is 2.27 bits per heavy atom. The van der Waals surface area contributed by atoms with Crippen molar-refractivity contribution in [3.05, 3.63) is 35.7 Å². The van der Waals surface area contributed by atoms with Gasteiger partial charge in [-0.25, -0.2) is 13.8 Å². The molecule has 1 unspecified atom stereocenters. The van der Waals surface area contributed by atoms with E-state index >= 15 is 0 Å². The van der Waals surface area contributed by atoms with Crippen molar-refractivity contribution < 1.29 is 13.5 Å². The number of ether oxygens (including phenoxy) is 1. The van der Waals surface area contributed by atoms with Gasteiger partial charge in [0.05, 0.1) is 12.6 Å². The monoisotopic (exact) mass is 360 g/mol. The van der Waals surface area contributed by atoms with Crippen molar-refractivity contribution in [3.8, 4) is 0 Å². The number of aryl methyl sites for hydroxylation is 1. The Kier molecular flexibility index (Phi) is 4.26. The third-order valence-electron chi connectivity index (χ3n) is 5.12. The molecule has 1 saturated carbocycles. The average molecular weight is 360 g/mol. The maximum absolute atomic E-state index is 13.2. The molecule has 2 aromatic rings. The number of allylic oxidation sites excluding steroid dienone is 1. The number of alkyl halides is 2. The Morgan fingerprint density at radius 3 is 2.96 bits per heavy atom. The van der Waals surface area contributed by atoms with Gasteiger partial charge in [0.25, 0.3) is 5.92 Å². The van der Waals surface area contributed by atoms with Crippen molar-refractivity contribution in [2.24, 2.45) is 16.6 Å². The molecule has 2 aliphatic rings. The summed E-state index contributed by atoms with van der Waals surface area (Å²) >= 11 is 0. The van der Waals surface area contributed by atoms with Crippen LogP contribution in [-0.2, 0) is 4.74 Å². The second kappa shape index (κ2) is 6.46. The molecule has 0 amide bonds. The second-order valence-electron chi connectivity index (χ2n) is 7.22. The van der Waals surface area contributed by atoms with Crippen LogP contribution in [0.3, 0.4) is 0 Å². The third-order valence-corrected chi connectivity index (χ3v) is 5.12. The summed E-state index contributed by atoms with van der Waals surface area (Å²) in [6.45, 7) is 3.22. The van der Waals surface area contributed by atoms with Gasteiger partial charge in [-0.15, -0.1) is 0 Å². The zero-order chi connectivity index (χ0) is 18.3. The Bertz CT molecular complexity index is 873. The van der Waals surface area contributed by atoms with Crippen LogP contribution in [0.25, 0.3) is 16.7 Å². The lowest BCUT2D eigenvalue weighted by molar-refractivity contribution is -0.0834. The standard InChI is InChI=1S/C19H22F2N4O/c1-11-8-23-18-15(11)4-13(9-24-18)16(22)5-17(12-2-3-26-10-12)25-14-6-19(20,21)7-14/h4-5,8-9,12,14H,2-3,6-7,10,22H2,1H3,(H,23,24). The van der Waals surface area contributed by atoms with Gasteiger partial charge in [0.2, 0.25) is 0 Å². The SMILES string of the molecule is Cc1c[nH]c2ncc(C(N)=CC(=NC3CC(F)(F)C3)C3CCOC3)cc12. The first-order valence-corrected chi connectivity index (χ1v) is 8.86. The predicted molar refractivity (Wildman–Crippen MR) is 97.3 cm³/mol. The maximum atomic E-state index is 13.2. The summed E-state index contributed by atoms with van der Waals surface area (Å²) < 4.78 is 31.8. The molecule has 1 aliphatic carbocycles. The molecular weight excluding hydrogens is 338 g/mol. The van der Waals surface area contributed by atoms with Gasteiger partial charge in [0.15, 0.2) is 0 Å². The minimum absolute atomic E-state index is 0.105. The van der Waals surface area contributed by atoms with E-state index in [1.807, 2.05) is 19.2 Å². The molecule has 0 spiro atoms. The summed E-state index contributed by atoms with van der Waals surface area (Å²) in [5.74, 6) is -2.48. The number of pyridine rings is 1. The number of aliphatic imine (C=N–C) groups is 1. The number of hydrogen-bond donors (Lipinski definition) is 2. The number of fused-ring (bicyclic) bond motifs is 1. The molecular formula is C19H22F2N4O. The minimum Gasteiger partial charge on any atom is -0.398 e. The fourth-order valence-electron chi connectivity index (χ4n) is 3.50. The van der Waals surface area contributed by atoms with Crippen LogP contribution in [0.5, 0.6) is 0 Å². The fourth-order valence-corrected chi connectivity index (χ4v) is 3.50. The molecule has 1 aliphatic heterocycles. The number of halogens is 2. The van der Waals surface area contributed by atoms with E-state index in [0.29, 0.717) is 18.9 Å². The fraction of sp³-hybridized carbons (Fsp3) is 0.474. The number of nitrogens with one attached hydrogen (secondary N) is 1. The third kappa shape index (κ3) is 3.35. The van der Waals surface area contributed by atoms with E-state index in [0.717, 1.165) is 34.3 Å². The lowest BCUT2D eigenvalue weighted by atomic mass is 9.88. The summed E-state index contributed by atoms with van der Waals surface area (Å²) in [6, 6.07) is 1.65. The van der Waals surface area contributed by atoms with Crippen molar-refractivity contribution in [1.82, 2.24) is 9.97 Å². The normalized spacial score (nSPS) is 24.2. The first-order valence-electron chi connectivity index (χ1n) is 8.86. The van der Waals surface area contributed by atoms with Crippen LogP contribution < -0.4 is 5.73 Å². The molecule has 2 aromatic heterocycles. The van der Waals surface area contributed by atoms with Crippen LogP contribution in [0.2, 0.25) is 0 Å². The molecule has 1 saturated heterocycles. The first kappa shape index (κ1) is 17.1. The molecule has 5 nitrogen and oxygen atoms in total. The van der Waals surface area contributed by atoms with Crippen molar-refractivity contribution in [2.75, 3.05) is 13.2 Å². The number of nitrogens with two attached hydrogens (primary N) is 1.